The molecule has 0 N–H and O–H groups in total. The van der Waals surface area contributed by atoms with Crippen molar-refractivity contribution in [2.24, 2.45) is 0 Å². The van der Waals surface area contributed by atoms with Crippen LogP contribution in [0.2, 0.25) is 0 Å². The normalized spacial score (nSPS) is 15.7. The van der Waals surface area contributed by atoms with E-state index in [0.717, 1.165) is 34.1 Å². The van der Waals surface area contributed by atoms with Gasteiger partial charge in [0.15, 0.2) is 0 Å². The quantitative estimate of drug-likeness (QED) is 0.457. The number of furan rings is 1. The van der Waals surface area contributed by atoms with Gasteiger partial charge in [-0.05, 0) is 35.4 Å². The minimum Gasteiger partial charge on any atom is -0.465 e. The highest BCUT2D eigenvalue weighted by atomic mass is 32.1. The Kier molecular flexibility index (Phi) is 4.32. The maximum Gasteiger partial charge on any atom is 0.127 e. The van der Waals surface area contributed by atoms with Gasteiger partial charge in [0.25, 0.3) is 0 Å². The lowest BCUT2D eigenvalue weighted by Gasteiger charge is -2.23. The predicted octanol–water partition coefficient (Wildman–Crippen LogP) is 5.55. The highest BCUT2D eigenvalue weighted by molar-refractivity contribution is 7.80. The molecule has 0 atom stereocenters. The zero-order valence-electron chi connectivity index (χ0n) is 13.6. The average Bonchev–Trinajstić information content (AvgIpc) is 3.27. The highest BCUT2D eigenvalue weighted by Gasteiger charge is 2.26. The number of thiocarbonyl (C=S) groups is 1. The summed E-state index contributed by atoms with van der Waals surface area (Å²) in [6.07, 6.45) is 5.81. The Labute approximate surface area is 152 Å². The van der Waals surface area contributed by atoms with E-state index in [2.05, 4.69) is 47.4 Å². The second-order valence-electron chi connectivity index (χ2n) is 5.89. The van der Waals surface area contributed by atoms with Crippen molar-refractivity contribution >= 4 is 29.0 Å². The van der Waals surface area contributed by atoms with Crippen molar-refractivity contribution in [1.82, 2.24) is 4.90 Å². The van der Waals surface area contributed by atoms with Gasteiger partial charge < -0.3 is 9.32 Å². The van der Waals surface area contributed by atoms with E-state index in [-0.39, 0.29) is 0 Å². The van der Waals surface area contributed by atoms with E-state index in [9.17, 15) is 0 Å². The van der Waals surface area contributed by atoms with Crippen LogP contribution in [0.25, 0.3) is 11.8 Å². The number of rotatable bonds is 4. The fourth-order valence-corrected chi connectivity index (χ4v) is 3.23. The third kappa shape index (κ3) is 3.32. The van der Waals surface area contributed by atoms with Crippen LogP contribution in [-0.2, 0) is 6.54 Å². The van der Waals surface area contributed by atoms with Gasteiger partial charge in [-0.25, -0.2) is 0 Å². The van der Waals surface area contributed by atoms with Gasteiger partial charge in [-0.3, -0.25) is 0 Å². The smallest absolute Gasteiger partial charge is 0.127 e. The van der Waals surface area contributed by atoms with Crippen LogP contribution in [-0.4, -0.2) is 9.89 Å². The number of nitrogens with zero attached hydrogens (tertiary/aromatic N) is 1. The van der Waals surface area contributed by atoms with Gasteiger partial charge >= 0.3 is 0 Å². The molecular weight excluding hydrogens is 326 g/mol. The van der Waals surface area contributed by atoms with E-state index in [1.54, 1.807) is 6.26 Å². The summed E-state index contributed by atoms with van der Waals surface area (Å²) in [5.74, 6) is 0.808. The van der Waals surface area contributed by atoms with Crippen molar-refractivity contribution in [2.45, 2.75) is 6.54 Å². The summed E-state index contributed by atoms with van der Waals surface area (Å²) in [4.78, 5) is 3.01. The monoisotopic (exact) mass is 343 g/mol. The average molecular weight is 343 g/mol. The van der Waals surface area contributed by atoms with Crippen molar-refractivity contribution in [3.8, 4) is 0 Å². The first kappa shape index (κ1) is 15.6. The molecule has 0 aliphatic carbocycles. The van der Waals surface area contributed by atoms with Crippen LogP contribution < -0.4 is 0 Å². The summed E-state index contributed by atoms with van der Waals surface area (Å²) in [7, 11) is 0. The second kappa shape index (κ2) is 6.91. The third-order valence-electron chi connectivity index (χ3n) is 4.17. The molecule has 122 valence electrons. The maximum atomic E-state index is 5.78. The Morgan fingerprint density at radius 3 is 2.28 bits per heavy atom. The molecule has 1 aromatic heterocycles. The van der Waals surface area contributed by atoms with E-state index in [0.29, 0.717) is 0 Å². The number of hydrogen-bond acceptors (Lipinski definition) is 2. The van der Waals surface area contributed by atoms with Gasteiger partial charge in [0.05, 0.1) is 12.0 Å². The summed E-state index contributed by atoms with van der Waals surface area (Å²) >= 11 is 5.78. The van der Waals surface area contributed by atoms with Gasteiger partial charge in [0.1, 0.15) is 10.7 Å². The fourth-order valence-electron chi connectivity index (χ4n) is 2.95. The molecule has 0 bridgehead atoms. The zero-order chi connectivity index (χ0) is 17.1. The van der Waals surface area contributed by atoms with Gasteiger partial charge in [-0.15, -0.1) is 0 Å². The minimum atomic E-state index is 0.746. The van der Waals surface area contributed by atoms with Crippen LogP contribution in [0.5, 0.6) is 0 Å². The molecule has 4 rings (SSSR count). The van der Waals surface area contributed by atoms with Crippen LogP contribution in [0.15, 0.2) is 95.1 Å². The summed E-state index contributed by atoms with van der Waals surface area (Å²) in [5, 5.41) is 0. The molecule has 3 aromatic rings. The van der Waals surface area contributed by atoms with Crippen LogP contribution in [0, 0.1) is 0 Å². The largest absolute Gasteiger partial charge is 0.465 e. The van der Waals surface area contributed by atoms with E-state index in [4.69, 9.17) is 16.6 Å². The van der Waals surface area contributed by atoms with Gasteiger partial charge in [0, 0.05) is 12.1 Å². The molecule has 0 radical (unpaired) electrons. The van der Waals surface area contributed by atoms with E-state index in [1.807, 2.05) is 42.5 Å². The van der Waals surface area contributed by atoms with Crippen molar-refractivity contribution in [1.29, 1.82) is 0 Å². The lowest BCUT2D eigenvalue weighted by atomic mass is 10.1. The first-order valence-electron chi connectivity index (χ1n) is 8.19. The Bertz CT molecular complexity index is 925. The molecule has 25 heavy (non-hydrogen) atoms. The number of benzene rings is 2. The summed E-state index contributed by atoms with van der Waals surface area (Å²) in [6, 6.07) is 24.6. The summed E-state index contributed by atoms with van der Waals surface area (Å²) in [5.41, 5.74) is 4.50. The van der Waals surface area contributed by atoms with Crippen molar-refractivity contribution < 1.29 is 4.42 Å². The third-order valence-corrected chi connectivity index (χ3v) is 4.63. The lowest BCUT2D eigenvalue weighted by molar-refractivity contribution is 0.556. The molecule has 3 heteroatoms. The van der Waals surface area contributed by atoms with Crippen molar-refractivity contribution in [3.05, 3.63) is 108 Å². The molecular formula is C22H17NOS. The first-order chi connectivity index (χ1) is 12.3. The topological polar surface area (TPSA) is 16.4 Å². The van der Waals surface area contributed by atoms with E-state index >= 15 is 0 Å². The molecule has 1 aliphatic heterocycles. The van der Waals surface area contributed by atoms with E-state index in [1.165, 1.54) is 5.56 Å². The molecule has 2 heterocycles. The second-order valence-corrected chi connectivity index (χ2v) is 6.27. The fraction of sp³-hybridized carbons (Fsp3) is 0.0455. The zero-order valence-corrected chi connectivity index (χ0v) is 14.4. The summed E-state index contributed by atoms with van der Waals surface area (Å²) in [6.45, 7) is 0.746. The maximum absolute atomic E-state index is 5.78. The molecule has 2 nitrogen and oxygen atoms in total. The van der Waals surface area contributed by atoms with Crippen molar-refractivity contribution in [2.75, 3.05) is 0 Å². The molecule has 0 spiro atoms. The van der Waals surface area contributed by atoms with E-state index < -0.39 is 0 Å². The van der Waals surface area contributed by atoms with Gasteiger partial charge in [-0.1, -0.05) is 72.9 Å². The highest BCUT2D eigenvalue weighted by Crippen LogP contribution is 2.33. The Balaban J connectivity index is 1.73. The van der Waals surface area contributed by atoms with Crippen LogP contribution in [0.1, 0.15) is 16.9 Å². The molecule has 0 amide bonds. The minimum absolute atomic E-state index is 0.746. The predicted molar refractivity (Wildman–Crippen MR) is 106 cm³/mol. The van der Waals surface area contributed by atoms with Gasteiger partial charge in [-0.2, -0.15) is 0 Å². The van der Waals surface area contributed by atoms with Gasteiger partial charge in [0.2, 0.25) is 0 Å². The Morgan fingerprint density at radius 1 is 0.880 bits per heavy atom. The Hall–Kier alpha value is -2.91. The lowest BCUT2D eigenvalue weighted by Crippen LogP contribution is -2.23. The molecule has 2 aromatic carbocycles. The van der Waals surface area contributed by atoms with Crippen LogP contribution in [0.3, 0.4) is 0 Å². The number of hydrogen-bond donors (Lipinski definition) is 0. The molecule has 0 saturated heterocycles. The molecule has 0 unspecified atom stereocenters. The summed E-state index contributed by atoms with van der Waals surface area (Å²) < 4.78 is 5.45. The first-order valence-corrected chi connectivity index (χ1v) is 8.60. The molecule has 0 fully saturated rings. The Morgan fingerprint density at radius 2 is 1.60 bits per heavy atom. The van der Waals surface area contributed by atoms with Crippen LogP contribution in [0.4, 0.5) is 0 Å². The molecule has 1 aliphatic rings. The van der Waals surface area contributed by atoms with Crippen molar-refractivity contribution in [3.63, 3.8) is 0 Å². The molecule has 0 saturated carbocycles. The SMILES string of the molecule is S=C1/C(=C/c2ccco2)C=C(c2ccccc2)N1Cc1ccccc1. The standard InChI is InChI=1S/C22H17NOS/c25-22-19(14-20-12-7-13-24-20)15-21(18-10-5-2-6-11-18)23(22)16-17-8-3-1-4-9-17/h1-15H,16H2/b19-14+. The van der Waals surface area contributed by atoms with Crippen LogP contribution >= 0.6 is 12.2 Å².